The molecule has 0 aromatic heterocycles. The van der Waals surface area contributed by atoms with Crippen molar-refractivity contribution < 1.29 is 38.1 Å². The van der Waals surface area contributed by atoms with Crippen molar-refractivity contribution >= 4 is 26.1 Å². The lowest BCUT2D eigenvalue weighted by Gasteiger charge is -2.32. The molecule has 196 valence electrons. The standard InChI is InChI=1S/C24H37N2O8P/c1-3-5-14-20(27)35(31)34-24(15-6-4-2,22(29)33-21(28)19-13-10-16-25-19)26-23(30)32-17-18-11-8-7-9-12-18/h7-9,11-12,19-20,25,27,35H,3-6,10,13-17H2,1-2H3,(H,26,30)/t19-,20?,24?/m0/s1. The van der Waals surface area contributed by atoms with Crippen LogP contribution in [0.4, 0.5) is 4.79 Å². The summed E-state index contributed by atoms with van der Waals surface area (Å²) >= 11 is 0. The number of carbonyl (C=O) groups excluding carboxylic acids is 3. The molecular formula is C24H37N2O8P. The van der Waals surface area contributed by atoms with E-state index in [1.165, 1.54) is 0 Å². The highest BCUT2D eigenvalue weighted by Gasteiger charge is 2.47. The summed E-state index contributed by atoms with van der Waals surface area (Å²) in [5, 5.41) is 15.6. The molecule has 1 amide bonds. The highest BCUT2D eigenvalue weighted by Crippen LogP contribution is 2.38. The first kappa shape index (κ1) is 29.0. The zero-order valence-corrected chi connectivity index (χ0v) is 21.4. The van der Waals surface area contributed by atoms with E-state index in [2.05, 4.69) is 10.6 Å². The van der Waals surface area contributed by atoms with Crippen molar-refractivity contribution in [2.45, 2.75) is 89.4 Å². The van der Waals surface area contributed by atoms with Gasteiger partial charge in [0.15, 0.2) is 0 Å². The van der Waals surface area contributed by atoms with Crippen LogP contribution in [0.25, 0.3) is 0 Å². The Morgan fingerprint density at radius 3 is 2.54 bits per heavy atom. The third-order valence-electron chi connectivity index (χ3n) is 5.64. The highest BCUT2D eigenvalue weighted by molar-refractivity contribution is 7.39. The Labute approximate surface area is 207 Å². The average Bonchev–Trinajstić information content (AvgIpc) is 3.40. The lowest BCUT2D eigenvalue weighted by molar-refractivity contribution is -0.175. The topological polar surface area (TPSA) is 140 Å². The zero-order chi connectivity index (χ0) is 25.7. The summed E-state index contributed by atoms with van der Waals surface area (Å²) in [7, 11) is -3.23. The highest BCUT2D eigenvalue weighted by atomic mass is 31.1. The van der Waals surface area contributed by atoms with Gasteiger partial charge in [-0.25, -0.2) is 14.4 Å². The van der Waals surface area contributed by atoms with Gasteiger partial charge in [-0.05, 0) is 37.8 Å². The summed E-state index contributed by atoms with van der Waals surface area (Å²) in [5.41, 5.74) is -1.53. The molecule has 1 saturated heterocycles. The number of rotatable bonds is 14. The number of aliphatic hydroxyl groups excluding tert-OH is 1. The van der Waals surface area contributed by atoms with Crippen LogP contribution in [-0.2, 0) is 34.8 Å². The van der Waals surface area contributed by atoms with Gasteiger partial charge >= 0.3 is 18.0 Å². The van der Waals surface area contributed by atoms with Crippen LogP contribution in [0.15, 0.2) is 30.3 Å². The number of nitrogens with one attached hydrogen (secondary N) is 2. The normalized spacial score (nSPS) is 18.8. The SMILES string of the molecule is CCCCC(O)[PH](=O)OC(CCCC)(NC(=O)OCc1ccccc1)C(=O)OC(=O)[C@@H]1CCCN1. The Hall–Kier alpha value is -2.26. The Morgan fingerprint density at radius 1 is 1.20 bits per heavy atom. The minimum Gasteiger partial charge on any atom is -0.445 e. The lowest BCUT2D eigenvalue weighted by Crippen LogP contribution is -2.57. The third kappa shape index (κ3) is 9.37. The molecule has 1 heterocycles. The monoisotopic (exact) mass is 512 g/mol. The van der Waals surface area contributed by atoms with Crippen molar-refractivity contribution in [2.75, 3.05) is 6.54 Å². The van der Waals surface area contributed by atoms with Gasteiger partial charge in [0, 0.05) is 6.42 Å². The van der Waals surface area contributed by atoms with E-state index in [-0.39, 0.29) is 19.4 Å². The van der Waals surface area contributed by atoms with Crippen LogP contribution >= 0.6 is 8.03 Å². The summed E-state index contributed by atoms with van der Waals surface area (Å²) in [5.74, 6) is -3.31. The van der Waals surface area contributed by atoms with Crippen LogP contribution in [-0.4, -0.2) is 47.3 Å². The molecule has 0 spiro atoms. The molecule has 0 radical (unpaired) electrons. The molecule has 0 bridgehead atoms. The van der Waals surface area contributed by atoms with E-state index in [0.29, 0.717) is 32.2 Å². The molecular weight excluding hydrogens is 475 g/mol. The number of esters is 2. The number of carbonyl (C=O) groups is 3. The van der Waals surface area contributed by atoms with Crippen molar-refractivity contribution in [3.8, 4) is 0 Å². The molecule has 10 nitrogen and oxygen atoms in total. The number of benzene rings is 1. The number of hydrogen-bond donors (Lipinski definition) is 3. The molecule has 1 aromatic carbocycles. The minimum absolute atomic E-state index is 0.0786. The maximum atomic E-state index is 13.2. The van der Waals surface area contributed by atoms with Gasteiger partial charge in [0.25, 0.3) is 0 Å². The van der Waals surface area contributed by atoms with Crippen LogP contribution in [0.2, 0.25) is 0 Å². The molecule has 1 aliphatic heterocycles. The second-order valence-corrected chi connectivity index (χ2v) is 10.1. The Morgan fingerprint density at radius 2 is 1.91 bits per heavy atom. The maximum absolute atomic E-state index is 13.2. The van der Waals surface area contributed by atoms with E-state index >= 15 is 0 Å². The first-order valence-electron chi connectivity index (χ1n) is 12.2. The first-order chi connectivity index (χ1) is 16.8. The molecule has 0 saturated carbocycles. The van der Waals surface area contributed by atoms with Crippen molar-refractivity contribution in [3.05, 3.63) is 35.9 Å². The van der Waals surface area contributed by atoms with Crippen LogP contribution in [0.3, 0.4) is 0 Å². The van der Waals surface area contributed by atoms with Gasteiger partial charge in [-0.1, -0.05) is 63.4 Å². The number of amides is 1. The van der Waals surface area contributed by atoms with Crippen LogP contribution in [0, 0.1) is 0 Å². The summed E-state index contributed by atoms with van der Waals surface area (Å²) in [6.45, 7) is 4.31. The summed E-state index contributed by atoms with van der Waals surface area (Å²) in [6.07, 6.45) is 2.70. The van der Waals surface area contributed by atoms with E-state index < -0.39 is 43.7 Å². The van der Waals surface area contributed by atoms with Crippen molar-refractivity contribution in [1.82, 2.24) is 10.6 Å². The quantitative estimate of drug-likeness (QED) is 0.148. The molecule has 35 heavy (non-hydrogen) atoms. The van der Waals surface area contributed by atoms with Gasteiger partial charge in [-0.2, -0.15) is 0 Å². The molecule has 3 unspecified atom stereocenters. The lowest BCUT2D eigenvalue weighted by atomic mass is 10.1. The molecule has 1 aliphatic rings. The average molecular weight is 513 g/mol. The second kappa shape index (κ2) is 15.0. The zero-order valence-electron chi connectivity index (χ0n) is 20.4. The van der Waals surface area contributed by atoms with Gasteiger partial charge < -0.3 is 19.9 Å². The maximum Gasteiger partial charge on any atom is 0.410 e. The number of hydrogen-bond acceptors (Lipinski definition) is 9. The summed E-state index contributed by atoms with van der Waals surface area (Å²) in [4.78, 5) is 38.5. The Bertz CT molecular complexity index is 847. The van der Waals surface area contributed by atoms with Crippen LogP contribution < -0.4 is 10.6 Å². The van der Waals surface area contributed by atoms with E-state index in [9.17, 15) is 24.1 Å². The molecule has 3 N–H and O–H groups in total. The fourth-order valence-corrected chi connectivity index (χ4v) is 4.73. The molecule has 1 fully saturated rings. The minimum atomic E-state index is -3.23. The smallest absolute Gasteiger partial charge is 0.410 e. The molecule has 2 rings (SSSR count). The van der Waals surface area contributed by atoms with E-state index in [0.717, 1.165) is 18.4 Å². The predicted octanol–water partition coefficient (Wildman–Crippen LogP) is 3.62. The van der Waals surface area contributed by atoms with E-state index in [1.54, 1.807) is 24.3 Å². The molecule has 0 aliphatic carbocycles. The fraction of sp³-hybridized carbons (Fsp3) is 0.625. The Balaban J connectivity index is 2.23. The van der Waals surface area contributed by atoms with E-state index in [4.69, 9.17) is 14.0 Å². The van der Waals surface area contributed by atoms with Gasteiger partial charge in [0.05, 0.1) is 0 Å². The van der Waals surface area contributed by atoms with Gasteiger partial charge in [-0.3, -0.25) is 14.4 Å². The largest absolute Gasteiger partial charge is 0.445 e. The molecule has 11 heteroatoms. The van der Waals surface area contributed by atoms with Crippen LogP contribution in [0.5, 0.6) is 0 Å². The van der Waals surface area contributed by atoms with Gasteiger partial charge in [0.2, 0.25) is 13.8 Å². The number of alkyl carbamates (subject to hydrolysis) is 1. The third-order valence-corrected chi connectivity index (χ3v) is 7.03. The van der Waals surface area contributed by atoms with Crippen LogP contribution in [0.1, 0.15) is 70.8 Å². The first-order valence-corrected chi connectivity index (χ1v) is 13.6. The van der Waals surface area contributed by atoms with Gasteiger partial charge in [0.1, 0.15) is 18.5 Å². The van der Waals surface area contributed by atoms with Crippen molar-refractivity contribution in [1.29, 1.82) is 0 Å². The van der Waals surface area contributed by atoms with Crippen molar-refractivity contribution in [2.24, 2.45) is 0 Å². The van der Waals surface area contributed by atoms with E-state index in [1.807, 2.05) is 19.9 Å². The molecule has 4 atom stereocenters. The summed E-state index contributed by atoms with van der Waals surface area (Å²) in [6, 6.07) is 8.27. The number of aliphatic hydroxyl groups is 1. The number of unbranched alkanes of at least 4 members (excludes halogenated alkanes) is 2. The second-order valence-electron chi connectivity index (χ2n) is 8.55. The van der Waals surface area contributed by atoms with Gasteiger partial charge in [-0.15, -0.1) is 0 Å². The molecule has 1 aromatic rings. The van der Waals surface area contributed by atoms with Crippen molar-refractivity contribution in [3.63, 3.8) is 0 Å². The Kier molecular flexibility index (Phi) is 12.4. The fourth-order valence-electron chi connectivity index (χ4n) is 3.57. The number of ether oxygens (including phenoxy) is 2. The predicted molar refractivity (Wildman–Crippen MR) is 130 cm³/mol. The summed E-state index contributed by atoms with van der Waals surface area (Å²) < 4.78 is 28.8.